The van der Waals surface area contributed by atoms with E-state index < -0.39 is 0 Å². The molecule has 2 N–H and O–H groups in total. The molecule has 5 heteroatoms. The quantitative estimate of drug-likeness (QED) is 0.808. The van der Waals surface area contributed by atoms with Crippen LogP contribution in [-0.4, -0.2) is 32.5 Å². The molecule has 0 amide bonds. The molecule has 0 aromatic carbocycles. The first-order valence-electron chi connectivity index (χ1n) is 7.63. The number of rotatable bonds is 8. The van der Waals surface area contributed by atoms with Gasteiger partial charge in [-0.15, -0.1) is 0 Å². The molecule has 0 fully saturated rings. The summed E-state index contributed by atoms with van der Waals surface area (Å²) in [6.07, 6.45) is 8.62. The normalized spacial score (nSPS) is 12.8. The third-order valence-corrected chi connectivity index (χ3v) is 3.76. The molecule has 0 aliphatic carbocycles. The summed E-state index contributed by atoms with van der Waals surface area (Å²) < 4.78 is 2.22. The second-order valence-electron chi connectivity index (χ2n) is 5.18. The van der Waals surface area contributed by atoms with E-state index in [0.29, 0.717) is 6.54 Å². The van der Waals surface area contributed by atoms with Crippen LogP contribution in [0.15, 0.2) is 37.1 Å². The van der Waals surface area contributed by atoms with Gasteiger partial charge < -0.3 is 10.3 Å². The van der Waals surface area contributed by atoms with Gasteiger partial charge in [0.15, 0.2) is 0 Å². The number of nitrogens with two attached hydrogens (primary N) is 1. The van der Waals surface area contributed by atoms with E-state index >= 15 is 0 Å². The van der Waals surface area contributed by atoms with Crippen molar-refractivity contribution in [2.45, 2.75) is 39.4 Å². The lowest BCUT2D eigenvalue weighted by Gasteiger charge is -2.30. The zero-order valence-corrected chi connectivity index (χ0v) is 12.9. The molecule has 21 heavy (non-hydrogen) atoms. The topological polar surface area (TPSA) is 60.0 Å². The highest BCUT2D eigenvalue weighted by molar-refractivity contribution is 5.12. The average Bonchev–Trinajstić information content (AvgIpc) is 2.96. The van der Waals surface area contributed by atoms with E-state index in [9.17, 15) is 0 Å². The van der Waals surface area contributed by atoms with Gasteiger partial charge in [-0.1, -0.05) is 13.8 Å². The van der Waals surface area contributed by atoms with Crippen LogP contribution in [0.4, 0.5) is 0 Å². The second-order valence-corrected chi connectivity index (χ2v) is 5.18. The maximum absolute atomic E-state index is 6.06. The lowest BCUT2D eigenvalue weighted by molar-refractivity contribution is 0.195. The Morgan fingerprint density at radius 1 is 1.24 bits per heavy atom. The van der Waals surface area contributed by atoms with E-state index in [1.807, 2.05) is 24.9 Å². The molecule has 1 unspecified atom stereocenters. The molecule has 0 bridgehead atoms. The number of imidazole rings is 1. The number of aryl methyl sites for hydroxylation is 1. The van der Waals surface area contributed by atoms with Crippen LogP contribution >= 0.6 is 0 Å². The zero-order valence-electron chi connectivity index (χ0n) is 12.9. The van der Waals surface area contributed by atoms with E-state index in [-0.39, 0.29) is 6.04 Å². The van der Waals surface area contributed by atoms with Crippen LogP contribution in [0.5, 0.6) is 0 Å². The third-order valence-electron chi connectivity index (χ3n) is 3.76. The minimum absolute atomic E-state index is 0.192. The molecular weight excluding hydrogens is 262 g/mol. The predicted octanol–water partition coefficient (Wildman–Crippen LogP) is 2.21. The second kappa shape index (κ2) is 7.90. The molecule has 2 aromatic heterocycles. The Balaban J connectivity index is 2.19. The van der Waals surface area contributed by atoms with Crippen LogP contribution < -0.4 is 5.73 Å². The number of pyridine rings is 1. The Kier molecular flexibility index (Phi) is 5.90. The lowest BCUT2D eigenvalue weighted by atomic mass is 10.1. The molecule has 5 nitrogen and oxygen atoms in total. The Labute approximate surface area is 126 Å². The van der Waals surface area contributed by atoms with Crippen LogP contribution in [0, 0.1) is 0 Å². The molecule has 2 rings (SSSR count). The largest absolute Gasteiger partial charge is 0.333 e. The molecule has 0 radical (unpaired) electrons. The molecule has 0 saturated heterocycles. The average molecular weight is 287 g/mol. The number of likely N-dealkylation sites (N-methyl/N-ethyl adjacent to an activating group) is 1. The first kappa shape index (κ1) is 15.7. The highest BCUT2D eigenvalue weighted by atomic mass is 15.2. The fourth-order valence-electron chi connectivity index (χ4n) is 2.66. The van der Waals surface area contributed by atoms with Crippen molar-refractivity contribution < 1.29 is 0 Å². The molecule has 0 aliphatic rings. The molecular formula is C16H25N5. The molecule has 2 heterocycles. The molecule has 2 aromatic rings. The van der Waals surface area contributed by atoms with E-state index in [0.717, 1.165) is 26.1 Å². The summed E-state index contributed by atoms with van der Waals surface area (Å²) in [6, 6.07) is 4.30. The summed E-state index contributed by atoms with van der Waals surface area (Å²) in [4.78, 5) is 10.8. The third kappa shape index (κ3) is 3.89. The molecule has 1 atom stereocenters. The number of hydrogen-bond donors (Lipinski definition) is 1. The van der Waals surface area contributed by atoms with Gasteiger partial charge in [-0.2, -0.15) is 0 Å². The first-order chi connectivity index (χ1) is 10.3. The molecule has 0 aliphatic heterocycles. The highest BCUT2D eigenvalue weighted by Gasteiger charge is 2.21. The summed E-state index contributed by atoms with van der Waals surface area (Å²) in [6.45, 7) is 7.74. The Morgan fingerprint density at radius 3 is 2.62 bits per heavy atom. The van der Waals surface area contributed by atoms with Gasteiger partial charge in [-0.05, 0) is 30.7 Å². The van der Waals surface area contributed by atoms with Crippen molar-refractivity contribution in [3.8, 4) is 0 Å². The minimum atomic E-state index is 0.192. The lowest BCUT2D eigenvalue weighted by Crippen LogP contribution is -2.34. The van der Waals surface area contributed by atoms with Crippen molar-refractivity contribution in [3.05, 3.63) is 48.3 Å². The molecule has 114 valence electrons. The van der Waals surface area contributed by atoms with Crippen LogP contribution in [0.1, 0.15) is 37.6 Å². The van der Waals surface area contributed by atoms with Gasteiger partial charge in [-0.25, -0.2) is 4.98 Å². The predicted molar refractivity (Wildman–Crippen MR) is 84.6 cm³/mol. The van der Waals surface area contributed by atoms with Gasteiger partial charge in [0, 0.05) is 38.2 Å². The standard InChI is InChI=1S/C16H25N5/c1-3-9-21-13-19-11-16(21)15(10-17)20(4-2)12-14-5-7-18-8-6-14/h5-8,11,13,15H,3-4,9-10,12,17H2,1-2H3. The van der Waals surface area contributed by atoms with Crippen LogP contribution in [0.3, 0.4) is 0 Å². The van der Waals surface area contributed by atoms with Crippen molar-refractivity contribution in [3.63, 3.8) is 0 Å². The van der Waals surface area contributed by atoms with Crippen molar-refractivity contribution in [2.24, 2.45) is 5.73 Å². The minimum Gasteiger partial charge on any atom is -0.333 e. The van der Waals surface area contributed by atoms with E-state index in [1.54, 1.807) is 0 Å². The smallest absolute Gasteiger partial charge is 0.0948 e. The Bertz CT molecular complexity index is 522. The van der Waals surface area contributed by atoms with Gasteiger partial charge in [-0.3, -0.25) is 9.88 Å². The van der Waals surface area contributed by atoms with Gasteiger partial charge in [0.05, 0.1) is 18.1 Å². The molecule has 0 saturated carbocycles. The van der Waals surface area contributed by atoms with Crippen LogP contribution in [0.25, 0.3) is 0 Å². The summed E-state index contributed by atoms with van der Waals surface area (Å²) >= 11 is 0. The SMILES string of the molecule is CCCn1cncc1C(CN)N(CC)Cc1ccncc1. The fourth-order valence-corrected chi connectivity index (χ4v) is 2.66. The summed E-state index contributed by atoms with van der Waals surface area (Å²) in [5, 5.41) is 0. The van der Waals surface area contributed by atoms with E-state index in [1.165, 1.54) is 11.3 Å². The number of aromatic nitrogens is 3. The van der Waals surface area contributed by atoms with Crippen LogP contribution in [0.2, 0.25) is 0 Å². The Hall–Kier alpha value is -1.72. The van der Waals surface area contributed by atoms with Gasteiger partial charge in [0.1, 0.15) is 0 Å². The van der Waals surface area contributed by atoms with Crippen molar-refractivity contribution in [1.29, 1.82) is 0 Å². The highest BCUT2D eigenvalue weighted by Crippen LogP contribution is 2.21. The van der Waals surface area contributed by atoms with Crippen molar-refractivity contribution >= 4 is 0 Å². The number of nitrogens with zero attached hydrogens (tertiary/aromatic N) is 4. The maximum atomic E-state index is 6.06. The summed E-state index contributed by atoms with van der Waals surface area (Å²) in [5.41, 5.74) is 8.52. The van der Waals surface area contributed by atoms with Gasteiger partial charge >= 0.3 is 0 Å². The van der Waals surface area contributed by atoms with E-state index in [4.69, 9.17) is 5.73 Å². The first-order valence-corrected chi connectivity index (χ1v) is 7.63. The van der Waals surface area contributed by atoms with Crippen LogP contribution in [-0.2, 0) is 13.1 Å². The monoisotopic (exact) mass is 287 g/mol. The molecule has 0 spiro atoms. The summed E-state index contributed by atoms with van der Waals surface area (Å²) in [7, 11) is 0. The van der Waals surface area contributed by atoms with E-state index in [2.05, 4.69) is 45.4 Å². The van der Waals surface area contributed by atoms with Gasteiger partial charge in [0.2, 0.25) is 0 Å². The number of hydrogen-bond acceptors (Lipinski definition) is 4. The van der Waals surface area contributed by atoms with Crippen molar-refractivity contribution in [1.82, 2.24) is 19.4 Å². The fraction of sp³-hybridized carbons (Fsp3) is 0.500. The van der Waals surface area contributed by atoms with Crippen molar-refractivity contribution in [2.75, 3.05) is 13.1 Å². The summed E-state index contributed by atoms with van der Waals surface area (Å²) in [5.74, 6) is 0. The van der Waals surface area contributed by atoms with Gasteiger partial charge in [0.25, 0.3) is 0 Å². The Morgan fingerprint density at radius 2 is 2.00 bits per heavy atom. The zero-order chi connectivity index (χ0) is 15.1. The maximum Gasteiger partial charge on any atom is 0.0948 e.